The molecule has 0 aliphatic rings. The summed E-state index contributed by atoms with van der Waals surface area (Å²) in [7, 11) is 1.70. The van der Waals surface area contributed by atoms with Gasteiger partial charge in [0.1, 0.15) is 6.07 Å². The van der Waals surface area contributed by atoms with E-state index in [0.29, 0.717) is 11.3 Å². The van der Waals surface area contributed by atoms with Crippen molar-refractivity contribution in [3.63, 3.8) is 0 Å². The molecule has 0 aliphatic carbocycles. The summed E-state index contributed by atoms with van der Waals surface area (Å²) in [5, 5.41) is 14.6. The van der Waals surface area contributed by atoms with Gasteiger partial charge in [-0.25, -0.2) is 0 Å². The van der Waals surface area contributed by atoms with E-state index in [0.717, 1.165) is 0 Å². The monoisotopic (exact) mass is 336 g/mol. The quantitative estimate of drug-likeness (QED) is 0.832. The van der Waals surface area contributed by atoms with Crippen molar-refractivity contribution in [2.75, 3.05) is 18.9 Å². The Morgan fingerprint density at radius 1 is 1.35 bits per heavy atom. The first kappa shape index (κ1) is 18.9. The number of hydrogen-bond donors (Lipinski definition) is 2. The van der Waals surface area contributed by atoms with Crippen LogP contribution in [-0.2, 0) is 9.59 Å². The molecule has 1 atom stereocenters. The number of carbonyl (C=O) groups is 2. The topological polar surface area (TPSA) is 85.2 Å². The second-order valence-corrected chi connectivity index (χ2v) is 6.02. The molecule has 0 spiro atoms. The molecule has 2 N–H and O–H groups in total. The molecular weight excluding hydrogens is 316 g/mol. The predicted octanol–water partition coefficient (Wildman–Crippen LogP) is 2.00. The van der Waals surface area contributed by atoms with Crippen LogP contribution in [0.5, 0.6) is 0 Å². The van der Waals surface area contributed by atoms with Crippen molar-refractivity contribution in [3.05, 3.63) is 28.8 Å². The molecular formula is C16H21ClN4O2. The van der Waals surface area contributed by atoms with Crippen LogP contribution in [-0.4, -0.2) is 42.4 Å². The largest absolute Gasteiger partial charge is 0.353 e. The molecule has 0 aliphatic heterocycles. The van der Waals surface area contributed by atoms with Crippen molar-refractivity contribution in [3.8, 4) is 6.07 Å². The molecule has 7 heteroatoms. The highest BCUT2D eigenvalue weighted by atomic mass is 35.5. The molecule has 0 saturated heterocycles. The van der Waals surface area contributed by atoms with Gasteiger partial charge < -0.3 is 10.6 Å². The van der Waals surface area contributed by atoms with Crippen LogP contribution in [0.2, 0.25) is 5.02 Å². The third-order valence-electron chi connectivity index (χ3n) is 3.24. The van der Waals surface area contributed by atoms with Gasteiger partial charge in [-0.05, 0) is 46.0 Å². The highest BCUT2D eigenvalue weighted by Gasteiger charge is 2.20. The van der Waals surface area contributed by atoms with Crippen LogP contribution in [0.25, 0.3) is 0 Å². The number of nitriles is 1. The second-order valence-electron chi connectivity index (χ2n) is 5.61. The van der Waals surface area contributed by atoms with Crippen LogP contribution in [0.15, 0.2) is 18.2 Å². The lowest BCUT2D eigenvalue weighted by molar-refractivity contribution is -0.125. The molecule has 1 aromatic carbocycles. The molecule has 0 fully saturated rings. The van der Waals surface area contributed by atoms with Gasteiger partial charge in [-0.2, -0.15) is 5.26 Å². The lowest BCUT2D eigenvalue weighted by Crippen LogP contribution is -2.45. The maximum Gasteiger partial charge on any atom is 0.241 e. The molecule has 1 rings (SSSR count). The number of nitrogens with one attached hydrogen (secondary N) is 2. The fourth-order valence-corrected chi connectivity index (χ4v) is 2.08. The Morgan fingerprint density at radius 3 is 2.52 bits per heavy atom. The molecule has 0 heterocycles. The Balaban J connectivity index is 2.64. The zero-order valence-corrected chi connectivity index (χ0v) is 14.4. The maximum atomic E-state index is 12.2. The van der Waals surface area contributed by atoms with Crippen LogP contribution < -0.4 is 10.6 Å². The molecule has 0 unspecified atom stereocenters. The average molecular weight is 337 g/mol. The fourth-order valence-electron chi connectivity index (χ4n) is 1.86. The normalized spacial score (nSPS) is 11.9. The van der Waals surface area contributed by atoms with Crippen molar-refractivity contribution in [1.82, 2.24) is 10.2 Å². The van der Waals surface area contributed by atoms with Gasteiger partial charge in [0.15, 0.2) is 0 Å². The highest BCUT2D eigenvalue weighted by molar-refractivity contribution is 6.32. The van der Waals surface area contributed by atoms with Gasteiger partial charge in [-0.15, -0.1) is 0 Å². The molecule has 1 aromatic rings. The van der Waals surface area contributed by atoms with Gasteiger partial charge in [0, 0.05) is 11.7 Å². The number of halogens is 1. The van der Waals surface area contributed by atoms with E-state index in [2.05, 4.69) is 10.6 Å². The van der Waals surface area contributed by atoms with E-state index in [-0.39, 0.29) is 29.4 Å². The standard InChI is InChI=1S/C16H21ClN4O2/c1-10(2)19-15(22)9-21(4)11(3)16(23)20-13-6-5-12(8-18)14(17)7-13/h5-7,10-11H,9H2,1-4H3,(H,19,22)(H,20,23)/t11-/m0/s1. The van der Waals surface area contributed by atoms with E-state index >= 15 is 0 Å². The van der Waals surface area contributed by atoms with E-state index in [1.165, 1.54) is 6.07 Å². The second kappa shape index (κ2) is 8.51. The van der Waals surface area contributed by atoms with Crippen LogP contribution in [0, 0.1) is 11.3 Å². The number of likely N-dealkylation sites (N-methyl/N-ethyl adjacent to an activating group) is 1. The summed E-state index contributed by atoms with van der Waals surface area (Å²) in [4.78, 5) is 25.6. The smallest absolute Gasteiger partial charge is 0.241 e. The van der Waals surface area contributed by atoms with Crippen molar-refractivity contribution in [1.29, 1.82) is 5.26 Å². The van der Waals surface area contributed by atoms with Crippen LogP contribution in [0.4, 0.5) is 5.69 Å². The predicted molar refractivity (Wildman–Crippen MR) is 90.2 cm³/mol. The summed E-state index contributed by atoms with van der Waals surface area (Å²) in [5.41, 5.74) is 0.853. The summed E-state index contributed by atoms with van der Waals surface area (Å²) in [6.07, 6.45) is 0. The Bertz CT molecular complexity index is 625. The van der Waals surface area contributed by atoms with E-state index in [9.17, 15) is 9.59 Å². The Labute approximate surface area is 141 Å². The van der Waals surface area contributed by atoms with Crippen LogP contribution in [0.3, 0.4) is 0 Å². The number of benzene rings is 1. The third kappa shape index (κ3) is 5.89. The number of carbonyl (C=O) groups excluding carboxylic acids is 2. The number of nitrogens with zero attached hydrogens (tertiary/aromatic N) is 2. The van der Waals surface area contributed by atoms with Gasteiger partial charge in [-0.1, -0.05) is 11.6 Å². The number of rotatable bonds is 6. The maximum absolute atomic E-state index is 12.2. The Morgan fingerprint density at radius 2 is 2.00 bits per heavy atom. The lowest BCUT2D eigenvalue weighted by atomic mass is 10.2. The minimum absolute atomic E-state index is 0.0563. The lowest BCUT2D eigenvalue weighted by Gasteiger charge is -2.23. The van der Waals surface area contributed by atoms with Gasteiger partial charge >= 0.3 is 0 Å². The van der Waals surface area contributed by atoms with Crippen molar-refractivity contribution < 1.29 is 9.59 Å². The van der Waals surface area contributed by atoms with E-state index in [1.807, 2.05) is 19.9 Å². The van der Waals surface area contributed by atoms with Crippen molar-refractivity contribution >= 4 is 29.1 Å². The SMILES string of the molecule is CC(C)NC(=O)CN(C)[C@@H](C)C(=O)Nc1ccc(C#N)c(Cl)c1. The van der Waals surface area contributed by atoms with Gasteiger partial charge in [0.25, 0.3) is 0 Å². The van der Waals surface area contributed by atoms with Crippen molar-refractivity contribution in [2.45, 2.75) is 32.9 Å². The first-order valence-electron chi connectivity index (χ1n) is 7.24. The Kier molecular flexibility index (Phi) is 7.01. The molecule has 0 bridgehead atoms. The molecule has 0 saturated carbocycles. The molecule has 0 radical (unpaired) electrons. The van der Waals surface area contributed by atoms with E-state index < -0.39 is 6.04 Å². The first-order valence-corrected chi connectivity index (χ1v) is 7.62. The van der Waals surface area contributed by atoms with Crippen LogP contribution in [0.1, 0.15) is 26.3 Å². The fraction of sp³-hybridized carbons (Fsp3) is 0.438. The summed E-state index contributed by atoms with van der Waals surface area (Å²) < 4.78 is 0. The molecule has 2 amide bonds. The number of amides is 2. The van der Waals surface area contributed by atoms with Gasteiger partial charge in [-0.3, -0.25) is 14.5 Å². The average Bonchev–Trinajstić information content (AvgIpc) is 2.45. The zero-order valence-electron chi connectivity index (χ0n) is 13.7. The molecule has 0 aromatic heterocycles. The minimum atomic E-state index is -0.498. The van der Waals surface area contributed by atoms with Crippen LogP contribution >= 0.6 is 11.6 Å². The van der Waals surface area contributed by atoms with Crippen molar-refractivity contribution in [2.24, 2.45) is 0 Å². The minimum Gasteiger partial charge on any atom is -0.353 e. The van der Waals surface area contributed by atoms with Gasteiger partial charge in [0.05, 0.1) is 23.2 Å². The number of hydrogen-bond acceptors (Lipinski definition) is 4. The summed E-state index contributed by atoms with van der Waals surface area (Å²) in [6.45, 7) is 5.59. The third-order valence-corrected chi connectivity index (χ3v) is 3.55. The van der Waals surface area contributed by atoms with E-state index in [4.69, 9.17) is 16.9 Å². The Hall–Kier alpha value is -2.10. The molecule has 124 valence electrons. The van der Waals surface area contributed by atoms with E-state index in [1.54, 1.807) is 31.0 Å². The summed E-state index contributed by atoms with van der Waals surface area (Å²) in [5.74, 6) is -0.394. The number of anilines is 1. The molecule has 6 nitrogen and oxygen atoms in total. The summed E-state index contributed by atoms with van der Waals surface area (Å²) >= 11 is 5.94. The van der Waals surface area contributed by atoms with Gasteiger partial charge in [0.2, 0.25) is 11.8 Å². The highest BCUT2D eigenvalue weighted by Crippen LogP contribution is 2.20. The molecule has 23 heavy (non-hydrogen) atoms. The first-order chi connectivity index (χ1) is 10.7. The zero-order chi connectivity index (χ0) is 17.6. The summed E-state index contributed by atoms with van der Waals surface area (Å²) in [6, 6.07) is 6.19.